The highest BCUT2D eigenvalue weighted by molar-refractivity contribution is 5.69. The molecule has 2 aliphatic carbocycles. The van der Waals surface area contributed by atoms with Gasteiger partial charge in [-0.2, -0.15) is 0 Å². The lowest BCUT2D eigenvalue weighted by atomic mass is 9.69. The molecule has 206 valence electrons. The third-order valence-electron chi connectivity index (χ3n) is 10.2. The van der Waals surface area contributed by atoms with Gasteiger partial charge in [0.1, 0.15) is 5.60 Å². The maximum atomic E-state index is 12.4. The summed E-state index contributed by atoms with van der Waals surface area (Å²) in [5, 5.41) is 0. The Balaban J connectivity index is 1.34. The van der Waals surface area contributed by atoms with Crippen LogP contribution in [0, 0.1) is 17.3 Å². The predicted molar refractivity (Wildman–Crippen MR) is 152 cm³/mol. The second kappa shape index (κ2) is 17.1. The molecule has 0 heterocycles. The number of carbonyl (C=O) groups is 1. The molecule has 0 radical (unpaired) electrons. The van der Waals surface area contributed by atoms with Crippen LogP contribution in [-0.4, -0.2) is 11.6 Å². The van der Waals surface area contributed by atoms with Gasteiger partial charge in [-0.1, -0.05) is 130 Å². The zero-order chi connectivity index (χ0) is 25.4. The highest BCUT2D eigenvalue weighted by atomic mass is 16.6. The van der Waals surface area contributed by atoms with Crippen LogP contribution in [-0.2, 0) is 9.53 Å². The van der Waals surface area contributed by atoms with Crippen molar-refractivity contribution in [2.24, 2.45) is 17.3 Å². The maximum Gasteiger partial charge on any atom is 0.306 e. The highest BCUT2D eigenvalue weighted by Crippen LogP contribution is 2.43. The molecule has 0 N–H and O–H groups in total. The molecule has 0 aromatic rings. The van der Waals surface area contributed by atoms with E-state index in [0.717, 1.165) is 18.3 Å². The van der Waals surface area contributed by atoms with Gasteiger partial charge in [0, 0.05) is 6.42 Å². The molecule has 2 saturated carbocycles. The molecule has 2 heteroatoms. The molecule has 0 amide bonds. The van der Waals surface area contributed by atoms with Gasteiger partial charge in [0.2, 0.25) is 0 Å². The molecule has 0 aliphatic heterocycles. The predicted octanol–water partition coefficient (Wildman–Crippen LogP) is 11.0. The summed E-state index contributed by atoms with van der Waals surface area (Å²) in [7, 11) is 0. The van der Waals surface area contributed by atoms with E-state index in [1.807, 2.05) is 0 Å². The van der Waals surface area contributed by atoms with Crippen LogP contribution in [0.5, 0.6) is 0 Å². The Labute approximate surface area is 220 Å². The molecule has 0 aromatic heterocycles. The summed E-state index contributed by atoms with van der Waals surface area (Å²) in [5.41, 5.74) is 0.494. The quantitative estimate of drug-likeness (QED) is 0.141. The molecule has 3 atom stereocenters. The van der Waals surface area contributed by atoms with Gasteiger partial charge in [0.25, 0.3) is 0 Å². The van der Waals surface area contributed by atoms with Crippen molar-refractivity contribution in [1.82, 2.24) is 0 Å². The van der Waals surface area contributed by atoms with Crippen LogP contribution in [0.3, 0.4) is 0 Å². The van der Waals surface area contributed by atoms with Gasteiger partial charge in [-0.25, -0.2) is 0 Å². The standard InChI is InChI=1S/C33H62O2/c1-5-33(27-20-17-21-28-33)26-19-16-14-12-10-8-6-7-9-11-13-15-18-24-31(34)35-32(4)25-22-23-29(2)30(32)3/h29-30H,5-28H2,1-4H3. The van der Waals surface area contributed by atoms with Crippen molar-refractivity contribution in [1.29, 1.82) is 0 Å². The van der Waals surface area contributed by atoms with Gasteiger partial charge >= 0.3 is 5.97 Å². The Hall–Kier alpha value is -0.530. The van der Waals surface area contributed by atoms with Gasteiger partial charge < -0.3 is 4.74 Å². The average molecular weight is 491 g/mol. The summed E-state index contributed by atoms with van der Waals surface area (Å²) >= 11 is 0. The number of hydrogen-bond acceptors (Lipinski definition) is 2. The largest absolute Gasteiger partial charge is 0.459 e. The Morgan fingerprint density at radius 2 is 1.23 bits per heavy atom. The first-order chi connectivity index (χ1) is 16.9. The normalized spacial score (nSPS) is 26.5. The maximum absolute atomic E-state index is 12.4. The molecule has 2 nitrogen and oxygen atoms in total. The van der Waals surface area contributed by atoms with Crippen molar-refractivity contribution in [2.75, 3.05) is 0 Å². The minimum Gasteiger partial charge on any atom is -0.459 e. The summed E-state index contributed by atoms with van der Waals surface area (Å²) in [4.78, 5) is 12.4. The second-order valence-electron chi connectivity index (χ2n) is 13.0. The molecular formula is C33H62O2. The second-order valence-corrected chi connectivity index (χ2v) is 13.0. The Bertz CT molecular complexity index is 549. The molecule has 0 saturated heterocycles. The lowest BCUT2D eigenvalue weighted by molar-refractivity contribution is -0.170. The zero-order valence-electron chi connectivity index (χ0n) is 24.4. The van der Waals surface area contributed by atoms with Crippen molar-refractivity contribution < 1.29 is 9.53 Å². The Morgan fingerprint density at radius 3 is 1.77 bits per heavy atom. The van der Waals surface area contributed by atoms with Crippen molar-refractivity contribution in [3.05, 3.63) is 0 Å². The van der Waals surface area contributed by atoms with Crippen LogP contribution in [0.25, 0.3) is 0 Å². The van der Waals surface area contributed by atoms with Crippen LogP contribution < -0.4 is 0 Å². The number of unbranched alkanes of at least 4 members (excludes halogenated alkanes) is 12. The van der Waals surface area contributed by atoms with Gasteiger partial charge in [-0.3, -0.25) is 4.79 Å². The number of ether oxygens (including phenoxy) is 1. The first-order valence-corrected chi connectivity index (χ1v) is 16.1. The molecule has 2 aliphatic rings. The van der Waals surface area contributed by atoms with E-state index in [1.165, 1.54) is 135 Å². The molecule has 2 fully saturated rings. The fraction of sp³-hybridized carbons (Fsp3) is 0.970. The number of carbonyl (C=O) groups excluding carboxylic acids is 1. The molecule has 35 heavy (non-hydrogen) atoms. The summed E-state index contributed by atoms with van der Waals surface area (Å²) in [6.45, 7) is 9.15. The van der Waals surface area contributed by atoms with Crippen LogP contribution in [0.2, 0.25) is 0 Å². The lowest BCUT2D eigenvalue weighted by Gasteiger charge is -2.42. The van der Waals surface area contributed by atoms with E-state index in [9.17, 15) is 4.79 Å². The molecule has 0 bridgehead atoms. The highest BCUT2D eigenvalue weighted by Gasteiger charge is 2.40. The zero-order valence-corrected chi connectivity index (χ0v) is 24.4. The van der Waals surface area contributed by atoms with Crippen LogP contribution in [0.4, 0.5) is 0 Å². The number of hydrogen-bond donors (Lipinski definition) is 0. The lowest BCUT2D eigenvalue weighted by Crippen LogP contribution is -2.44. The molecule has 3 unspecified atom stereocenters. The summed E-state index contributed by atoms with van der Waals surface area (Å²) < 4.78 is 5.97. The topological polar surface area (TPSA) is 26.3 Å². The summed E-state index contributed by atoms with van der Waals surface area (Å²) in [6, 6.07) is 0. The molecule has 2 rings (SSSR count). The fourth-order valence-electron chi connectivity index (χ4n) is 7.11. The minimum atomic E-state index is -0.235. The van der Waals surface area contributed by atoms with Gasteiger partial charge in [-0.15, -0.1) is 0 Å². The third-order valence-corrected chi connectivity index (χ3v) is 10.2. The van der Waals surface area contributed by atoms with Gasteiger partial charge in [-0.05, 0) is 62.7 Å². The van der Waals surface area contributed by atoms with Crippen molar-refractivity contribution in [3.8, 4) is 0 Å². The van der Waals surface area contributed by atoms with E-state index < -0.39 is 0 Å². The van der Waals surface area contributed by atoms with E-state index in [4.69, 9.17) is 4.74 Å². The number of esters is 1. The van der Waals surface area contributed by atoms with Crippen molar-refractivity contribution in [3.63, 3.8) is 0 Å². The van der Waals surface area contributed by atoms with Gasteiger partial charge in [0.15, 0.2) is 0 Å². The van der Waals surface area contributed by atoms with Crippen LogP contribution in [0.1, 0.15) is 182 Å². The number of rotatable bonds is 18. The van der Waals surface area contributed by atoms with E-state index in [-0.39, 0.29) is 11.6 Å². The van der Waals surface area contributed by atoms with Crippen LogP contribution >= 0.6 is 0 Å². The first-order valence-electron chi connectivity index (χ1n) is 16.1. The minimum absolute atomic E-state index is 0.0345. The van der Waals surface area contributed by atoms with E-state index in [1.54, 1.807) is 0 Å². The molecule has 0 spiro atoms. The summed E-state index contributed by atoms with van der Waals surface area (Å²) in [5.74, 6) is 1.16. The monoisotopic (exact) mass is 490 g/mol. The van der Waals surface area contributed by atoms with E-state index in [2.05, 4.69) is 27.7 Å². The smallest absolute Gasteiger partial charge is 0.306 e. The van der Waals surface area contributed by atoms with Gasteiger partial charge in [0.05, 0.1) is 0 Å². The Kier molecular flexibility index (Phi) is 15.0. The van der Waals surface area contributed by atoms with E-state index >= 15 is 0 Å². The van der Waals surface area contributed by atoms with Crippen molar-refractivity contribution >= 4 is 5.97 Å². The molecular weight excluding hydrogens is 428 g/mol. The Morgan fingerprint density at radius 1 is 0.714 bits per heavy atom. The SMILES string of the molecule is CCC1(CCCCCCCCCCCCCCCC(=O)OC2(C)CCCC(C)C2C)CCCCC1. The van der Waals surface area contributed by atoms with E-state index in [0.29, 0.717) is 18.3 Å². The summed E-state index contributed by atoms with van der Waals surface area (Å²) in [6.07, 6.45) is 32.2. The van der Waals surface area contributed by atoms with Crippen LogP contribution in [0.15, 0.2) is 0 Å². The first kappa shape index (κ1) is 30.7. The van der Waals surface area contributed by atoms with Crippen molar-refractivity contribution in [2.45, 2.75) is 187 Å². The average Bonchev–Trinajstić information content (AvgIpc) is 2.85. The third kappa shape index (κ3) is 11.6. The molecule has 0 aromatic carbocycles. The fourth-order valence-corrected chi connectivity index (χ4v) is 7.11.